The molecule has 0 radical (unpaired) electrons. The van der Waals surface area contributed by atoms with Crippen LogP contribution in [0.1, 0.15) is 31.2 Å². The van der Waals surface area contributed by atoms with E-state index in [0.29, 0.717) is 69.4 Å². The summed E-state index contributed by atoms with van der Waals surface area (Å²) >= 11 is 0. The first-order valence-corrected chi connectivity index (χ1v) is 11.9. The van der Waals surface area contributed by atoms with Crippen LogP contribution in [0.4, 0.5) is 10.1 Å². The van der Waals surface area contributed by atoms with Crippen LogP contribution >= 0.6 is 0 Å². The molecule has 3 aliphatic rings. The van der Waals surface area contributed by atoms with Gasteiger partial charge in [0, 0.05) is 26.2 Å². The zero-order chi connectivity index (χ0) is 23.5. The van der Waals surface area contributed by atoms with Gasteiger partial charge in [0.25, 0.3) is 5.91 Å². The monoisotopic (exact) mass is 468 g/mol. The lowest BCUT2D eigenvalue weighted by Gasteiger charge is -2.36. The Morgan fingerprint density at radius 3 is 2.38 bits per heavy atom. The molecule has 2 aromatic carbocycles. The summed E-state index contributed by atoms with van der Waals surface area (Å²) in [6.45, 7) is 2.67. The van der Waals surface area contributed by atoms with Crippen LogP contribution < -0.4 is 14.4 Å². The molecule has 1 aliphatic carbocycles. The van der Waals surface area contributed by atoms with E-state index < -0.39 is 5.41 Å². The minimum absolute atomic E-state index is 0.225. The van der Waals surface area contributed by atoms with E-state index in [2.05, 4.69) is 0 Å². The second-order valence-electron chi connectivity index (χ2n) is 9.04. The standard InChI is InChI=1S/C26H29FN2O5/c27-20-5-1-2-6-21(20)28-11-13-29(14-12-28)24(30)18-34-25(31)26(9-3-4-10-26)19-7-8-22-23(17-19)33-16-15-32-22/h1-2,5-8,17H,3-4,9-16,18H2. The molecule has 0 bridgehead atoms. The first kappa shape index (κ1) is 22.5. The van der Waals surface area contributed by atoms with Gasteiger partial charge in [-0.3, -0.25) is 9.59 Å². The lowest BCUT2D eigenvalue weighted by Crippen LogP contribution is -2.50. The summed E-state index contributed by atoms with van der Waals surface area (Å²) in [6.07, 6.45) is 3.22. The number of hydrogen-bond donors (Lipinski definition) is 0. The second-order valence-corrected chi connectivity index (χ2v) is 9.04. The van der Waals surface area contributed by atoms with Crippen LogP contribution in [0.2, 0.25) is 0 Å². The highest BCUT2D eigenvalue weighted by Gasteiger charge is 2.45. The molecule has 5 rings (SSSR count). The van der Waals surface area contributed by atoms with Gasteiger partial charge in [0.2, 0.25) is 0 Å². The molecule has 8 heteroatoms. The van der Waals surface area contributed by atoms with Crippen molar-refractivity contribution in [3.8, 4) is 11.5 Å². The molecule has 0 N–H and O–H groups in total. The molecule has 2 aliphatic heterocycles. The first-order valence-electron chi connectivity index (χ1n) is 11.9. The van der Waals surface area contributed by atoms with Gasteiger partial charge in [0.15, 0.2) is 18.1 Å². The molecule has 0 atom stereocenters. The summed E-state index contributed by atoms with van der Waals surface area (Å²) in [4.78, 5) is 29.7. The van der Waals surface area contributed by atoms with Crippen molar-refractivity contribution >= 4 is 17.6 Å². The number of ether oxygens (including phenoxy) is 3. The van der Waals surface area contributed by atoms with E-state index in [1.165, 1.54) is 6.07 Å². The van der Waals surface area contributed by atoms with Crippen LogP contribution in [-0.4, -0.2) is 62.8 Å². The Hall–Kier alpha value is -3.29. The van der Waals surface area contributed by atoms with E-state index in [1.807, 2.05) is 23.1 Å². The van der Waals surface area contributed by atoms with E-state index >= 15 is 0 Å². The van der Waals surface area contributed by atoms with Gasteiger partial charge in [-0.2, -0.15) is 0 Å². The molecule has 0 unspecified atom stereocenters. The van der Waals surface area contributed by atoms with Gasteiger partial charge < -0.3 is 24.0 Å². The number of esters is 1. The number of carbonyl (C=O) groups excluding carboxylic acids is 2. The highest BCUT2D eigenvalue weighted by Crippen LogP contribution is 2.45. The van der Waals surface area contributed by atoms with Crippen LogP contribution in [0.3, 0.4) is 0 Å². The minimum atomic E-state index is -0.764. The molecule has 0 aromatic heterocycles. The highest BCUT2D eigenvalue weighted by molar-refractivity contribution is 5.87. The third kappa shape index (κ3) is 4.29. The Bertz CT molecular complexity index is 1060. The summed E-state index contributed by atoms with van der Waals surface area (Å²) in [5, 5.41) is 0. The van der Waals surface area contributed by atoms with Gasteiger partial charge in [-0.1, -0.05) is 31.0 Å². The Kier molecular flexibility index (Phi) is 6.30. The zero-order valence-electron chi connectivity index (χ0n) is 19.1. The van der Waals surface area contributed by atoms with Crippen LogP contribution in [0.5, 0.6) is 11.5 Å². The number of fused-ring (bicyclic) bond motifs is 1. The molecule has 1 amide bonds. The fraction of sp³-hybridized carbons (Fsp3) is 0.462. The third-order valence-electron chi connectivity index (χ3n) is 7.09. The van der Waals surface area contributed by atoms with Crippen molar-refractivity contribution in [3.63, 3.8) is 0 Å². The SMILES string of the molecule is O=C(COC(=O)C1(c2ccc3c(c2)OCCO3)CCCC1)N1CCN(c2ccccc2F)CC1. The van der Waals surface area contributed by atoms with Crippen LogP contribution in [0, 0.1) is 5.82 Å². The molecule has 2 fully saturated rings. The Morgan fingerprint density at radius 2 is 1.65 bits per heavy atom. The highest BCUT2D eigenvalue weighted by atomic mass is 19.1. The van der Waals surface area contributed by atoms with Gasteiger partial charge in [-0.15, -0.1) is 0 Å². The molecular weight excluding hydrogens is 439 g/mol. The van der Waals surface area contributed by atoms with E-state index in [9.17, 15) is 14.0 Å². The van der Waals surface area contributed by atoms with Gasteiger partial charge in [-0.05, 0) is 42.7 Å². The smallest absolute Gasteiger partial charge is 0.317 e. The maximum atomic E-state index is 14.1. The third-order valence-corrected chi connectivity index (χ3v) is 7.09. The number of rotatable bonds is 5. The van der Waals surface area contributed by atoms with Gasteiger partial charge in [0.05, 0.1) is 11.1 Å². The average Bonchev–Trinajstić information content (AvgIpc) is 3.39. The van der Waals surface area contributed by atoms with Crippen LogP contribution in [0.25, 0.3) is 0 Å². The van der Waals surface area contributed by atoms with E-state index in [4.69, 9.17) is 14.2 Å². The first-order chi connectivity index (χ1) is 16.6. The Morgan fingerprint density at radius 1 is 0.941 bits per heavy atom. The molecule has 1 saturated carbocycles. The van der Waals surface area contributed by atoms with E-state index in [0.717, 1.165) is 18.4 Å². The number of para-hydroxylation sites is 1. The van der Waals surface area contributed by atoms with Gasteiger partial charge in [-0.25, -0.2) is 4.39 Å². The van der Waals surface area contributed by atoms with Gasteiger partial charge >= 0.3 is 5.97 Å². The summed E-state index contributed by atoms with van der Waals surface area (Å²) < 4.78 is 31.0. The van der Waals surface area contributed by atoms with Crippen molar-refractivity contribution in [1.82, 2.24) is 4.90 Å². The van der Waals surface area contributed by atoms with Crippen molar-refractivity contribution in [3.05, 3.63) is 53.8 Å². The topological polar surface area (TPSA) is 68.3 Å². The number of piperazine rings is 1. The lowest BCUT2D eigenvalue weighted by molar-refractivity contribution is -0.157. The molecule has 34 heavy (non-hydrogen) atoms. The molecular formula is C26H29FN2O5. The number of amides is 1. The van der Waals surface area contributed by atoms with Gasteiger partial charge in [0.1, 0.15) is 19.0 Å². The zero-order valence-corrected chi connectivity index (χ0v) is 19.1. The van der Waals surface area contributed by atoms with Crippen LogP contribution in [0.15, 0.2) is 42.5 Å². The maximum Gasteiger partial charge on any atom is 0.317 e. The number of halogens is 1. The summed E-state index contributed by atoms with van der Waals surface area (Å²) in [6, 6.07) is 12.3. The average molecular weight is 469 g/mol. The largest absolute Gasteiger partial charge is 0.486 e. The minimum Gasteiger partial charge on any atom is -0.486 e. The van der Waals surface area contributed by atoms with Crippen molar-refractivity contribution in [2.75, 3.05) is 50.9 Å². The molecule has 180 valence electrons. The summed E-state index contributed by atoms with van der Waals surface area (Å²) in [5.41, 5.74) is 0.633. The molecule has 7 nitrogen and oxygen atoms in total. The predicted molar refractivity (Wildman–Crippen MR) is 124 cm³/mol. The van der Waals surface area contributed by atoms with Crippen molar-refractivity contribution in [2.24, 2.45) is 0 Å². The molecule has 0 spiro atoms. The number of anilines is 1. The number of nitrogens with zero attached hydrogens (tertiary/aromatic N) is 2. The van der Waals surface area contributed by atoms with Crippen molar-refractivity contribution < 1.29 is 28.2 Å². The van der Waals surface area contributed by atoms with E-state index in [-0.39, 0.29) is 24.3 Å². The Balaban J connectivity index is 1.20. The number of hydrogen-bond acceptors (Lipinski definition) is 6. The predicted octanol–water partition coefficient (Wildman–Crippen LogP) is 3.30. The summed E-state index contributed by atoms with van der Waals surface area (Å²) in [5.74, 6) is 0.474. The summed E-state index contributed by atoms with van der Waals surface area (Å²) in [7, 11) is 0. The molecule has 2 aromatic rings. The Labute approximate surface area is 198 Å². The molecule has 1 saturated heterocycles. The fourth-order valence-corrected chi connectivity index (χ4v) is 5.19. The molecule has 2 heterocycles. The van der Waals surface area contributed by atoms with E-state index in [1.54, 1.807) is 23.1 Å². The quantitative estimate of drug-likeness (QED) is 0.628. The fourth-order valence-electron chi connectivity index (χ4n) is 5.19. The maximum absolute atomic E-state index is 14.1. The van der Waals surface area contributed by atoms with Crippen LogP contribution in [-0.2, 0) is 19.7 Å². The second kappa shape index (κ2) is 9.52. The van der Waals surface area contributed by atoms with Crippen molar-refractivity contribution in [1.29, 1.82) is 0 Å². The number of carbonyl (C=O) groups is 2. The number of benzene rings is 2. The van der Waals surface area contributed by atoms with Crippen molar-refractivity contribution in [2.45, 2.75) is 31.1 Å². The normalized spacial score (nSPS) is 19.1. The lowest BCUT2D eigenvalue weighted by atomic mass is 9.78.